The number of amides is 1. The number of fused-ring (bicyclic) bond motifs is 1. The third kappa shape index (κ3) is 4.07. The van der Waals surface area contributed by atoms with Crippen molar-refractivity contribution in [2.24, 2.45) is 0 Å². The van der Waals surface area contributed by atoms with Crippen molar-refractivity contribution in [3.63, 3.8) is 0 Å². The van der Waals surface area contributed by atoms with E-state index >= 15 is 0 Å². The number of hydrogen-bond donors (Lipinski definition) is 1. The molecule has 0 saturated carbocycles. The van der Waals surface area contributed by atoms with Crippen molar-refractivity contribution in [3.05, 3.63) is 48.5 Å². The Morgan fingerprint density at radius 3 is 2.88 bits per heavy atom. The summed E-state index contributed by atoms with van der Waals surface area (Å²) in [5.74, 6) is 0.337. The number of carbonyl (C=O) groups excluding carboxylic acids is 1. The average molecular weight is 358 g/mol. The Labute approximate surface area is 149 Å². The van der Waals surface area contributed by atoms with Crippen LogP contribution in [0.1, 0.15) is 6.92 Å². The fraction of sp³-hybridized carbons (Fsp3) is 0.222. The van der Waals surface area contributed by atoms with Gasteiger partial charge in [-0.25, -0.2) is 4.98 Å². The lowest BCUT2D eigenvalue weighted by atomic mass is 10.2. The lowest BCUT2D eigenvalue weighted by molar-refractivity contribution is -0.113. The molecule has 0 fully saturated rings. The molecule has 0 spiro atoms. The summed E-state index contributed by atoms with van der Waals surface area (Å²) in [6.07, 6.45) is 0. The molecular formula is C18H19N3OS2. The number of benzene rings is 2. The minimum Gasteiger partial charge on any atom is -0.375 e. The van der Waals surface area contributed by atoms with E-state index in [2.05, 4.69) is 22.1 Å². The van der Waals surface area contributed by atoms with E-state index in [0.717, 1.165) is 32.5 Å². The van der Waals surface area contributed by atoms with Crippen LogP contribution in [0.4, 0.5) is 11.4 Å². The monoisotopic (exact) mass is 357 g/mol. The quantitative estimate of drug-likeness (QED) is 0.661. The van der Waals surface area contributed by atoms with Gasteiger partial charge >= 0.3 is 0 Å². The molecule has 3 aromatic rings. The van der Waals surface area contributed by atoms with Gasteiger partial charge in [-0.1, -0.05) is 30.0 Å². The summed E-state index contributed by atoms with van der Waals surface area (Å²) in [4.78, 5) is 18.8. The largest absolute Gasteiger partial charge is 0.375 e. The van der Waals surface area contributed by atoms with Crippen molar-refractivity contribution >= 4 is 50.6 Å². The van der Waals surface area contributed by atoms with Gasteiger partial charge in [0, 0.05) is 25.0 Å². The number of thioether (sulfide) groups is 1. The van der Waals surface area contributed by atoms with Gasteiger partial charge in [0.25, 0.3) is 0 Å². The Bertz CT molecular complexity index is 814. The standard InChI is InChI=1S/C18H19N3OS2/c1-3-21(2)14-8-6-7-13(11-14)19-17(22)12-23-18-20-15-9-4-5-10-16(15)24-18/h4-11H,3,12H2,1-2H3,(H,19,22). The van der Waals surface area contributed by atoms with Gasteiger partial charge in [0.15, 0.2) is 4.34 Å². The van der Waals surface area contributed by atoms with Crippen LogP contribution in [-0.4, -0.2) is 30.2 Å². The van der Waals surface area contributed by atoms with Crippen molar-refractivity contribution in [1.29, 1.82) is 0 Å². The van der Waals surface area contributed by atoms with Gasteiger partial charge in [-0.15, -0.1) is 11.3 Å². The molecule has 1 heterocycles. The lowest BCUT2D eigenvalue weighted by Crippen LogP contribution is -2.17. The van der Waals surface area contributed by atoms with Crippen molar-refractivity contribution < 1.29 is 4.79 Å². The van der Waals surface area contributed by atoms with Crippen molar-refractivity contribution in [2.45, 2.75) is 11.3 Å². The molecule has 0 aliphatic carbocycles. The number of thiazole rings is 1. The van der Waals surface area contributed by atoms with Crippen LogP contribution in [0.5, 0.6) is 0 Å². The summed E-state index contributed by atoms with van der Waals surface area (Å²) in [7, 11) is 2.03. The second-order valence-electron chi connectivity index (χ2n) is 5.35. The number of nitrogens with zero attached hydrogens (tertiary/aromatic N) is 2. The molecule has 3 rings (SSSR count). The molecule has 1 N–H and O–H groups in total. The summed E-state index contributed by atoms with van der Waals surface area (Å²) in [5, 5.41) is 2.96. The summed E-state index contributed by atoms with van der Waals surface area (Å²) >= 11 is 3.09. The average Bonchev–Trinajstić information content (AvgIpc) is 3.02. The van der Waals surface area contributed by atoms with E-state index in [0.29, 0.717) is 5.75 Å². The zero-order valence-corrected chi connectivity index (χ0v) is 15.3. The fourth-order valence-corrected chi connectivity index (χ4v) is 4.11. The highest BCUT2D eigenvalue weighted by Crippen LogP contribution is 2.29. The molecule has 0 aliphatic heterocycles. The van der Waals surface area contributed by atoms with E-state index in [-0.39, 0.29) is 5.91 Å². The van der Waals surface area contributed by atoms with Crippen LogP contribution < -0.4 is 10.2 Å². The van der Waals surface area contributed by atoms with Gasteiger partial charge in [0.05, 0.1) is 16.0 Å². The minimum atomic E-state index is -0.0180. The molecule has 124 valence electrons. The first-order valence-electron chi connectivity index (χ1n) is 7.75. The first-order valence-corrected chi connectivity index (χ1v) is 9.55. The normalized spacial score (nSPS) is 10.8. The Morgan fingerprint density at radius 2 is 2.08 bits per heavy atom. The molecule has 2 aromatic carbocycles. The van der Waals surface area contributed by atoms with Crippen LogP contribution in [0, 0.1) is 0 Å². The molecule has 4 nitrogen and oxygen atoms in total. The number of rotatable bonds is 6. The fourth-order valence-electron chi connectivity index (χ4n) is 2.24. The molecule has 24 heavy (non-hydrogen) atoms. The third-order valence-electron chi connectivity index (χ3n) is 3.65. The highest BCUT2D eigenvalue weighted by Gasteiger charge is 2.08. The summed E-state index contributed by atoms with van der Waals surface area (Å²) in [5.41, 5.74) is 2.90. The van der Waals surface area contributed by atoms with E-state index in [9.17, 15) is 4.79 Å². The zero-order valence-electron chi connectivity index (χ0n) is 13.7. The molecule has 0 unspecified atom stereocenters. The molecule has 6 heteroatoms. The molecule has 1 amide bonds. The summed E-state index contributed by atoms with van der Waals surface area (Å²) in [6.45, 7) is 3.02. The second kappa shape index (κ2) is 7.68. The molecule has 0 bridgehead atoms. The van der Waals surface area contributed by atoms with Crippen LogP contribution in [0.2, 0.25) is 0 Å². The Morgan fingerprint density at radius 1 is 1.25 bits per heavy atom. The maximum atomic E-state index is 12.2. The van der Waals surface area contributed by atoms with Crippen molar-refractivity contribution in [2.75, 3.05) is 29.6 Å². The first kappa shape index (κ1) is 16.8. The Hall–Kier alpha value is -2.05. The predicted octanol–water partition coefficient (Wildman–Crippen LogP) is 4.48. The molecule has 0 radical (unpaired) electrons. The SMILES string of the molecule is CCN(C)c1cccc(NC(=O)CSc2nc3ccccc3s2)c1. The zero-order chi connectivity index (χ0) is 16.9. The molecule has 0 saturated heterocycles. The number of carbonyl (C=O) groups is 1. The van der Waals surface area contributed by atoms with Gasteiger partial charge in [-0.05, 0) is 37.3 Å². The highest BCUT2D eigenvalue weighted by molar-refractivity contribution is 8.01. The maximum absolute atomic E-state index is 12.2. The number of aromatic nitrogens is 1. The molecular weight excluding hydrogens is 338 g/mol. The second-order valence-corrected chi connectivity index (χ2v) is 7.60. The Balaban J connectivity index is 1.59. The van der Waals surface area contributed by atoms with E-state index < -0.39 is 0 Å². The molecule has 0 aliphatic rings. The van der Waals surface area contributed by atoms with Gasteiger partial charge in [-0.3, -0.25) is 4.79 Å². The summed E-state index contributed by atoms with van der Waals surface area (Å²) < 4.78 is 2.07. The minimum absolute atomic E-state index is 0.0180. The van der Waals surface area contributed by atoms with Crippen LogP contribution in [0.25, 0.3) is 10.2 Å². The number of nitrogens with one attached hydrogen (secondary N) is 1. The van der Waals surface area contributed by atoms with Crippen molar-refractivity contribution in [3.8, 4) is 0 Å². The van der Waals surface area contributed by atoms with E-state index in [1.807, 2.05) is 55.6 Å². The van der Waals surface area contributed by atoms with Gasteiger partial charge in [0.2, 0.25) is 5.91 Å². The van der Waals surface area contributed by atoms with Crippen LogP contribution in [0.3, 0.4) is 0 Å². The Kier molecular flexibility index (Phi) is 5.37. The summed E-state index contributed by atoms with van der Waals surface area (Å²) in [6, 6.07) is 15.9. The van der Waals surface area contributed by atoms with Crippen molar-refractivity contribution in [1.82, 2.24) is 4.98 Å². The van der Waals surface area contributed by atoms with Gasteiger partial charge < -0.3 is 10.2 Å². The number of para-hydroxylation sites is 1. The molecule has 1 aromatic heterocycles. The first-order chi connectivity index (χ1) is 11.7. The van der Waals surface area contributed by atoms with Crippen LogP contribution in [-0.2, 0) is 4.79 Å². The van der Waals surface area contributed by atoms with E-state index in [4.69, 9.17) is 0 Å². The van der Waals surface area contributed by atoms with E-state index in [1.54, 1.807) is 11.3 Å². The van der Waals surface area contributed by atoms with E-state index in [1.165, 1.54) is 11.8 Å². The van der Waals surface area contributed by atoms with Gasteiger partial charge in [0.1, 0.15) is 0 Å². The van der Waals surface area contributed by atoms with Crippen LogP contribution >= 0.6 is 23.1 Å². The number of hydrogen-bond acceptors (Lipinski definition) is 5. The maximum Gasteiger partial charge on any atom is 0.234 e. The topological polar surface area (TPSA) is 45.2 Å². The smallest absolute Gasteiger partial charge is 0.234 e. The molecule has 0 atom stereocenters. The third-order valence-corrected chi connectivity index (χ3v) is 5.83. The van der Waals surface area contributed by atoms with Crippen LogP contribution in [0.15, 0.2) is 52.9 Å². The van der Waals surface area contributed by atoms with Gasteiger partial charge in [-0.2, -0.15) is 0 Å². The highest BCUT2D eigenvalue weighted by atomic mass is 32.2. The number of anilines is 2. The predicted molar refractivity (Wildman–Crippen MR) is 104 cm³/mol. The lowest BCUT2D eigenvalue weighted by Gasteiger charge is -2.17.